The lowest BCUT2D eigenvalue weighted by Gasteiger charge is -2.21. The van der Waals surface area contributed by atoms with Crippen LogP contribution in [0.3, 0.4) is 0 Å². The summed E-state index contributed by atoms with van der Waals surface area (Å²) in [5.74, 6) is -0.239. The Labute approximate surface area is 124 Å². The summed E-state index contributed by atoms with van der Waals surface area (Å²) in [5, 5.41) is 3.90. The quantitative estimate of drug-likeness (QED) is 0.868. The predicted molar refractivity (Wildman–Crippen MR) is 78.4 cm³/mol. The van der Waals surface area contributed by atoms with Crippen molar-refractivity contribution in [3.63, 3.8) is 0 Å². The van der Waals surface area contributed by atoms with Crippen LogP contribution in [0.25, 0.3) is 0 Å². The highest BCUT2D eigenvalue weighted by Crippen LogP contribution is 2.21. The van der Waals surface area contributed by atoms with E-state index in [1.54, 1.807) is 0 Å². The minimum absolute atomic E-state index is 0.0128. The second-order valence-corrected chi connectivity index (χ2v) is 5.83. The Morgan fingerprint density at radius 3 is 2.30 bits per heavy atom. The summed E-state index contributed by atoms with van der Waals surface area (Å²) >= 11 is 5.86. The van der Waals surface area contributed by atoms with Crippen molar-refractivity contribution in [2.24, 2.45) is 0 Å². The van der Waals surface area contributed by atoms with E-state index in [0.717, 1.165) is 5.56 Å². The Balaban J connectivity index is 2.05. The van der Waals surface area contributed by atoms with Crippen LogP contribution in [0.5, 0.6) is 0 Å². The number of carbonyl (C=O) groups excluding carboxylic acids is 2. The van der Waals surface area contributed by atoms with Gasteiger partial charge in [-0.05, 0) is 38.5 Å². The lowest BCUT2D eigenvalue weighted by molar-refractivity contribution is -0.140. The van der Waals surface area contributed by atoms with Gasteiger partial charge in [0.25, 0.3) is 0 Å². The van der Waals surface area contributed by atoms with Crippen LogP contribution in [0.4, 0.5) is 0 Å². The molecule has 0 aromatic heterocycles. The summed E-state index contributed by atoms with van der Waals surface area (Å²) in [7, 11) is 0. The highest BCUT2D eigenvalue weighted by atomic mass is 35.5. The Kier molecular flexibility index (Phi) is 4.45. The van der Waals surface area contributed by atoms with Gasteiger partial charge in [0.15, 0.2) is 0 Å². The molecule has 0 aliphatic carbocycles. The highest BCUT2D eigenvalue weighted by molar-refractivity contribution is 6.30. The third kappa shape index (κ3) is 3.02. The zero-order chi connectivity index (χ0) is 14.9. The molecule has 1 aliphatic rings. The van der Waals surface area contributed by atoms with Gasteiger partial charge in [0.2, 0.25) is 11.8 Å². The number of hydrogen-bond acceptors (Lipinski definition) is 3. The monoisotopic (exact) mass is 294 g/mol. The van der Waals surface area contributed by atoms with Crippen molar-refractivity contribution in [3.05, 3.63) is 34.9 Å². The summed E-state index contributed by atoms with van der Waals surface area (Å²) in [6.45, 7) is 5.67. The van der Waals surface area contributed by atoms with Crippen molar-refractivity contribution in [1.82, 2.24) is 10.2 Å². The second-order valence-electron chi connectivity index (χ2n) is 5.39. The molecule has 0 bridgehead atoms. The zero-order valence-electron chi connectivity index (χ0n) is 11.9. The van der Waals surface area contributed by atoms with E-state index in [9.17, 15) is 9.59 Å². The van der Waals surface area contributed by atoms with Crippen molar-refractivity contribution < 1.29 is 9.59 Å². The number of carbonyl (C=O) groups is 2. The molecule has 2 amide bonds. The minimum Gasteiger partial charge on any atom is -0.299 e. The molecule has 4 nitrogen and oxygen atoms in total. The molecule has 0 saturated carbocycles. The van der Waals surface area contributed by atoms with Gasteiger partial charge in [-0.15, -0.1) is 0 Å². The van der Waals surface area contributed by atoms with Gasteiger partial charge in [0.1, 0.15) is 0 Å². The van der Waals surface area contributed by atoms with Crippen LogP contribution in [0.2, 0.25) is 5.02 Å². The van der Waals surface area contributed by atoms with Crippen molar-refractivity contribution in [1.29, 1.82) is 0 Å². The fourth-order valence-corrected chi connectivity index (χ4v) is 2.60. The molecule has 1 aromatic rings. The third-order valence-electron chi connectivity index (χ3n) is 3.52. The Morgan fingerprint density at radius 1 is 1.20 bits per heavy atom. The lowest BCUT2D eigenvalue weighted by Crippen LogP contribution is -2.42. The van der Waals surface area contributed by atoms with Crippen LogP contribution in [-0.2, 0) is 9.59 Å². The first-order valence-electron chi connectivity index (χ1n) is 6.77. The fraction of sp³-hybridized carbons (Fsp3) is 0.467. The van der Waals surface area contributed by atoms with E-state index in [0.29, 0.717) is 5.02 Å². The molecule has 2 atom stereocenters. The molecule has 20 heavy (non-hydrogen) atoms. The molecule has 0 radical (unpaired) electrons. The van der Waals surface area contributed by atoms with Gasteiger partial charge in [-0.3, -0.25) is 19.8 Å². The van der Waals surface area contributed by atoms with E-state index in [2.05, 4.69) is 5.32 Å². The summed E-state index contributed by atoms with van der Waals surface area (Å²) in [6, 6.07) is 6.93. The van der Waals surface area contributed by atoms with Crippen molar-refractivity contribution in [2.75, 3.05) is 0 Å². The average Bonchev–Trinajstić information content (AvgIpc) is 2.65. The molecule has 1 aromatic carbocycles. The number of likely N-dealkylation sites (tertiary alicyclic amines) is 1. The maximum absolute atomic E-state index is 12.2. The van der Waals surface area contributed by atoms with Gasteiger partial charge >= 0.3 is 0 Å². The smallest absolute Gasteiger partial charge is 0.247 e. The topological polar surface area (TPSA) is 49.4 Å². The number of hydrogen-bond donors (Lipinski definition) is 1. The van der Waals surface area contributed by atoms with Crippen LogP contribution >= 0.6 is 11.6 Å². The van der Waals surface area contributed by atoms with Crippen LogP contribution < -0.4 is 5.32 Å². The Bertz CT molecular complexity index is 513. The predicted octanol–water partition coefficient (Wildman–Crippen LogP) is 2.53. The van der Waals surface area contributed by atoms with E-state index in [1.165, 1.54) is 4.90 Å². The van der Waals surface area contributed by atoms with Gasteiger partial charge in [0.05, 0.1) is 12.5 Å². The largest absolute Gasteiger partial charge is 0.299 e. The molecule has 2 rings (SSSR count). The number of imide groups is 1. The SMILES string of the molecule is CC(NC1CC(=O)N(C(C)C)C1=O)c1ccc(Cl)cc1. The van der Waals surface area contributed by atoms with Crippen LogP contribution in [-0.4, -0.2) is 28.8 Å². The number of nitrogens with one attached hydrogen (secondary N) is 1. The summed E-state index contributed by atoms with van der Waals surface area (Å²) < 4.78 is 0. The summed E-state index contributed by atoms with van der Waals surface area (Å²) in [6.07, 6.45) is 0.231. The van der Waals surface area contributed by atoms with Crippen LogP contribution in [0.1, 0.15) is 38.8 Å². The minimum atomic E-state index is -0.435. The molecule has 1 heterocycles. The summed E-state index contributed by atoms with van der Waals surface area (Å²) in [5.41, 5.74) is 1.04. The molecule has 1 saturated heterocycles. The van der Waals surface area contributed by atoms with Gasteiger partial charge in [0, 0.05) is 17.1 Å². The Hall–Kier alpha value is -1.39. The van der Waals surface area contributed by atoms with Crippen molar-refractivity contribution in [2.45, 2.75) is 45.3 Å². The first-order valence-corrected chi connectivity index (χ1v) is 7.15. The maximum Gasteiger partial charge on any atom is 0.247 e. The van der Waals surface area contributed by atoms with Crippen LogP contribution in [0.15, 0.2) is 24.3 Å². The molecule has 1 N–H and O–H groups in total. The molecule has 1 fully saturated rings. The number of benzene rings is 1. The summed E-state index contributed by atoms with van der Waals surface area (Å²) in [4.78, 5) is 25.4. The van der Waals surface area contributed by atoms with Gasteiger partial charge < -0.3 is 0 Å². The van der Waals surface area contributed by atoms with E-state index in [1.807, 2.05) is 45.0 Å². The van der Waals surface area contributed by atoms with Crippen molar-refractivity contribution in [3.8, 4) is 0 Å². The fourth-order valence-electron chi connectivity index (χ4n) is 2.47. The molecule has 0 spiro atoms. The second kappa shape index (κ2) is 5.94. The molecule has 108 valence electrons. The van der Waals surface area contributed by atoms with E-state index in [4.69, 9.17) is 11.6 Å². The highest BCUT2D eigenvalue weighted by Gasteiger charge is 2.40. The number of nitrogens with zero attached hydrogens (tertiary/aromatic N) is 1. The van der Waals surface area contributed by atoms with Crippen LogP contribution in [0, 0.1) is 0 Å². The molecular formula is C15H19ClN2O2. The van der Waals surface area contributed by atoms with E-state index < -0.39 is 6.04 Å². The first kappa shape index (κ1) is 15.0. The van der Waals surface area contributed by atoms with E-state index >= 15 is 0 Å². The van der Waals surface area contributed by atoms with Gasteiger partial charge in [-0.2, -0.15) is 0 Å². The van der Waals surface area contributed by atoms with Gasteiger partial charge in [-0.1, -0.05) is 23.7 Å². The maximum atomic E-state index is 12.2. The zero-order valence-corrected chi connectivity index (χ0v) is 12.6. The third-order valence-corrected chi connectivity index (χ3v) is 3.77. The van der Waals surface area contributed by atoms with E-state index in [-0.39, 0.29) is 30.3 Å². The average molecular weight is 295 g/mol. The number of rotatable bonds is 4. The lowest BCUT2D eigenvalue weighted by atomic mass is 10.1. The molecule has 2 unspecified atom stereocenters. The standard InChI is InChI=1S/C15H19ClN2O2/c1-9(2)18-14(19)8-13(15(18)20)17-10(3)11-4-6-12(16)7-5-11/h4-7,9-10,13,17H,8H2,1-3H3. The first-order chi connectivity index (χ1) is 9.40. The number of halogens is 1. The van der Waals surface area contributed by atoms with Crippen molar-refractivity contribution >= 4 is 23.4 Å². The Morgan fingerprint density at radius 2 is 1.80 bits per heavy atom. The molecule has 5 heteroatoms. The molecular weight excluding hydrogens is 276 g/mol. The molecule has 1 aliphatic heterocycles. The van der Waals surface area contributed by atoms with Gasteiger partial charge in [-0.25, -0.2) is 0 Å². The number of amides is 2. The normalized spacial score (nSPS) is 20.9.